The van der Waals surface area contributed by atoms with Gasteiger partial charge in [-0.15, -0.1) is 0 Å². The fraction of sp³-hybridized carbons (Fsp3) is 0.579. The van der Waals surface area contributed by atoms with E-state index in [1.807, 2.05) is 0 Å². The predicted molar refractivity (Wildman–Crippen MR) is 114 cm³/mol. The maximum Gasteiger partial charge on any atom is 0.326 e. The van der Waals surface area contributed by atoms with Crippen molar-refractivity contribution in [3.8, 4) is 0 Å². The monoisotopic (exact) mass is 469 g/mol. The Morgan fingerprint density at radius 1 is 1.03 bits per heavy atom. The molecule has 14 nitrogen and oxygen atoms in total. The van der Waals surface area contributed by atoms with E-state index in [4.69, 9.17) is 11.5 Å². The number of carbonyl (C=O) groups is 5. The minimum Gasteiger partial charge on any atom is -0.480 e. The lowest BCUT2D eigenvalue weighted by Crippen LogP contribution is -2.59. The van der Waals surface area contributed by atoms with Crippen LogP contribution in [0.25, 0.3) is 0 Å². The lowest BCUT2D eigenvalue weighted by atomic mass is 10.0. The molecule has 0 radical (unpaired) electrons. The predicted octanol–water partition coefficient (Wildman–Crippen LogP) is -3.27. The first kappa shape index (κ1) is 27.5. The summed E-state index contributed by atoms with van der Waals surface area (Å²) >= 11 is 0. The summed E-state index contributed by atoms with van der Waals surface area (Å²) in [6.45, 7) is 4.54. The first-order valence-electron chi connectivity index (χ1n) is 10.2. The topological polar surface area (TPSA) is 243 Å². The van der Waals surface area contributed by atoms with Crippen LogP contribution in [0.1, 0.15) is 32.9 Å². The van der Waals surface area contributed by atoms with E-state index >= 15 is 0 Å². The summed E-state index contributed by atoms with van der Waals surface area (Å²) in [5.41, 5.74) is 11.2. The molecule has 0 bridgehead atoms. The summed E-state index contributed by atoms with van der Waals surface area (Å²) in [6.07, 6.45) is 0.983. The summed E-state index contributed by atoms with van der Waals surface area (Å²) in [5, 5.41) is 25.9. The second-order valence-corrected chi connectivity index (χ2v) is 7.91. The molecule has 5 atom stereocenters. The molecule has 1 heterocycles. The van der Waals surface area contributed by atoms with Gasteiger partial charge < -0.3 is 42.6 Å². The number of amides is 4. The minimum atomic E-state index is -1.57. The molecule has 4 amide bonds. The maximum atomic E-state index is 13.0. The van der Waals surface area contributed by atoms with Crippen molar-refractivity contribution in [1.82, 2.24) is 25.9 Å². The number of carboxylic acid groups (broad SMARTS) is 1. The number of aromatic amines is 1. The molecule has 0 aliphatic heterocycles. The zero-order valence-corrected chi connectivity index (χ0v) is 18.6. The summed E-state index contributed by atoms with van der Waals surface area (Å²) in [6, 6.07) is -5.26. The first-order valence-corrected chi connectivity index (χ1v) is 10.2. The number of hydrogen-bond acceptors (Lipinski definition) is 8. The average molecular weight is 469 g/mol. The van der Waals surface area contributed by atoms with Gasteiger partial charge in [-0.05, 0) is 12.8 Å². The highest BCUT2D eigenvalue weighted by Gasteiger charge is 2.33. The van der Waals surface area contributed by atoms with E-state index in [1.54, 1.807) is 13.8 Å². The van der Waals surface area contributed by atoms with Crippen molar-refractivity contribution in [2.45, 2.75) is 63.9 Å². The third kappa shape index (κ3) is 8.86. The van der Waals surface area contributed by atoms with Gasteiger partial charge in [0.2, 0.25) is 23.6 Å². The van der Waals surface area contributed by atoms with Crippen molar-refractivity contribution < 1.29 is 34.2 Å². The summed E-state index contributed by atoms with van der Waals surface area (Å²) in [7, 11) is 0. The number of hydrogen-bond donors (Lipinski definition) is 8. The van der Waals surface area contributed by atoms with Crippen molar-refractivity contribution in [2.75, 3.05) is 0 Å². The number of aliphatic hydroxyl groups is 1. The van der Waals surface area contributed by atoms with Crippen molar-refractivity contribution in [3.63, 3.8) is 0 Å². The van der Waals surface area contributed by atoms with E-state index in [-0.39, 0.29) is 6.42 Å². The number of nitrogens with one attached hydrogen (secondary N) is 4. The molecule has 0 aliphatic carbocycles. The minimum absolute atomic E-state index is 0.0318. The molecule has 0 fully saturated rings. The van der Waals surface area contributed by atoms with E-state index in [0.717, 1.165) is 0 Å². The molecule has 5 unspecified atom stereocenters. The van der Waals surface area contributed by atoms with Crippen LogP contribution < -0.4 is 27.4 Å². The molecule has 184 valence electrons. The normalized spacial score (nSPS) is 15.6. The van der Waals surface area contributed by atoms with Gasteiger partial charge in [0.25, 0.3) is 0 Å². The number of carbonyl (C=O) groups excluding carboxylic acids is 4. The van der Waals surface area contributed by atoms with Gasteiger partial charge in [-0.25, -0.2) is 9.78 Å². The molecule has 14 heteroatoms. The average Bonchev–Trinajstić information content (AvgIpc) is 3.22. The Hall–Kier alpha value is -3.52. The van der Waals surface area contributed by atoms with Gasteiger partial charge in [-0.3, -0.25) is 19.2 Å². The van der Waals surface area contributed by atoms with Gasteiger partial charge in [0.1, 0.15) is 24.2 Å². The smallest absolute Gasteiger partial charge is 0.326 e. The number of rotatable bonds is 13. The lowest BCUT2D eigenvalue weighted by Gasteiger charge is -2.27. The Labute approximate surface area is 189 Å². The number of aromatic nitrogens is 2. The number of aliphatic hydroxyl groups excluding tert-OH is 1. The third-order valence-electron chi connectivity index (χ3n) is 4.70. The van der Waals surface area contributed by atoms with E-state index in [1.165, 1.54) is 19.4 Å². The summed E-state index contributed by atoms with van der Waals surface area (Å²) in [5.74, 6) is -5.27. The number of primary amides is 1. The Morgan fingerprint density at radius 3 is 2.09 bits per heavy atom. The summed E-state index contributed by atoms with van der Waals surface area (Å²) in [4.78, 5) is 67.0. The summed E-state index contributed by atoms with van der Waals surface area (Å²) < 4.78 is 0. The molecule has 0 saturated heterocycles. The third-order valence-corrected chi connectivity index (χ3v) is 4.70. The number of aliphatic carboxylic acids is 1. The van der Waals surface area contributed by atoms with E-state index in [2.05, 4.69) is 25.9 Å². The molecule has 1 aromatic heterocycles. The van der Waals surface area contributed by atoms with Gasteiger partial charge in [-0.2, -0.15) is 0 Å². The van der Waals surface area contributed by atoms with Crippen molar-refractivity contribution in [3.05, 3.63) is 18.2 Å². The number of nitrogens with zero attached hydrogens (tertiary/aromatic N) is 1. The zero-order chi connectivity index (χ0) is 25.3. The molecule has 0 spiro atoms. The lowest BCUT2D eigenvalue weighted by molar-refractivity contribution is -0.144. The molecule has 0 aromatic carbocycles. The van der Waals surface area contributed by atoms with Crippen molar-refractivity contribution >= 4 is 29.6 Å². The van der Waals surface area contributed by atoms with Gasteiger partial charge >= 0.3 is 5.97 Å². The fourth-order valence-electron chi connectivity index (χ4n) is 2.76. The quantitative estimate of drug-likeness (QED) is 0.144. The molecule has 10 N–H and O–H groups in total. The maximum absolute atomic E-state index is 13.0. The highest BCUT2D eigenvalue weighted by molar-refractivity contribution is 5.95. The SMILES string of the molecule is CC(C)C(NC(=O)C(Cc1cnc[nH]1)NC(=O)C(N)C(C)O)C(=O)NC(CC(N)=O)C(=O)O. The highest BCUT2D eigenvalue weighted by Crippen LogP contribution is 2.07. The first-order chi connectivity index (χ1) is 15.3. The molecule has 0 saturated carbocycles. The second kappa shape index (κ2) is 12.5. The largest absolute Gasteiger partial charge is 0.480 e. The Balaban J connectivity index is 3.03. The van der Waals surface area contributed by atoms with Gasteiger partial charge in [0.05, 0.1) is 18.9 Å². The van der Waals surface area contributed by atoms with Crippen LogP contribution in [0.4, 0.5) is 0 Å². The van der Waals surface area contributed by atoms with Gasteiger partial charge in [-0.1, -0.05) is 13.8 Å². The van der Waals surface area contributed by atoms with Crippen LogP contribution in [0, 0.1) is 5.92 Å². The molecule has 1 aromatic rings. The van der Waals surface area contributed by atoms with Crippen LogP contribution in [0.2, 0.25) is 0 Å². The van der Waals surface area contributed by atoms with E-state index < -0.39 is 72.2 Å². The van der Waals surface area contributed by atoms with Crippen LogP contribution in [0.3, 0.4) is 0 Å². The van der Waals surface area contributed by atoms with Crippen LogP contribution in [0.15, 0.2) is 12.5 Å². The zero-order valence-electron chi connectivity index (χ0n) is 18.6. The van der Waals surface area contributed by atoms with Crippen LogP contribution in [0.5, 0.6) is 0 Å². The fourth-order valence-corrected chi connectivity index (χ4v) is 2.76. The van der Waals surface area contributed by atoms with E-state index in [9.17, 15) is 34.2 Å². The molecule has 33 heavy (non-hydrogen) atoms. The van der Waals surface area contributed by atoms with Crippen LogP contribution in [-0.4, -0.2) is 80.1 Å². The number of nitrogens with two attached hydrogens (primary N) is 2. The van der Waals surface area contributed by atoms with Crippen molar-refractivity contribution in [1.29, 1.82) is 0 Å². The van der Waals surface area contributed by atoms with Crippen LogP contribution >= 0.6 is 0 Å². The molecular formula is C19H31N7O7. The molecular weight excluding hydrogens is 438 g/mol. The second-order valence-electron chi connectivity index (χ2n) is 7.91. The van der Waals surface area contributed by atoms with E-state index in [0.29, 0.717) is 5.69 Å². The molecule has 1 rings (SSSR count). The Kier molecular flexibility index (Phi) is 10.4. The number of carboxylic acids is 1. The Bertz CT molecular complexity index is 842. The van der Waals surface area contributed by atoms with Gasteiger partial charge in [0, 0.05) is 18.3 Å². The molecule has 0 aliphatic rings. The standard InChI is InChI=1S/C19H31N7O7/c1-8(2)15(18(31)25-12(19(32)33)5-13(20)28)26-16(29)11(4-10-6-22-7-23-10)24-17(30)14(21)9(3)27/h6-9,11-12,14-15,27H,4-5,21H2,1-3H3,(H2,20,28)(H,22,23)(H,24,30)(H,25,31)(H,26,29)(H,32,33). The van der Waals surface area contributed by atoms with Crippen LogP contribution in [-0.2, 0) is 30.4 Å². The number of imidazole rings is 1. The Morgan fingerprint density at radius 2 is 1.64 bits per heavy atom. The number of H-pyrrole nitrogens is 1. The van der Waals surface area contributed by atoms with Crippen molar-refractivity contribution in [2.24, 2.45) is 17.4 Å². The van der Waals surface area contributed by atoms with Gasteiger partial charge in [0.15, 0.2) is 0 Å². The highest BCUT2D eigenvalue weighted by atomic mass is 16.4.